The summed E-state index contributed by atoms with van der Waals surface area (Å²) < 4.78 is 0. The topological polar surface area (TPSA) is 32.3 Å². The Morgan fingerprint density at radius 2 is 1.95 bits per heavy atom. The monoisotopic (exact) mass is 320 g/mol. The zero-order valence-electron chi connectivity index (χ0n) is 13.0. The summed E-state index contributed by atoms with van der Waals surface area (Å²) in [6, 6.07) is 9.55. The number of fused-ring (bicyclic) bond motifs is 1. The molecule has 0 aromatic heterocycles. The lowest BCUT2D eigenvalue weighted by atomic mass is 9.96. The van der Waals surface area contributed by atoms with Gasteiger partial charge in [-0.3, -0.25) is 4.79 Å². The molecular formula is C18H25ClN2O. The largest absolute Gasteiger partial charge is 0.332 e. The van der Waals surface area contributed by atoms with E-state index in [0.29, 0.717) is 18.0 Å². The number of amides is 1. The number of carbonyl (C=O) groups is 1. The third kappa shape index (κ3) is 2.89. The van der Waals surface area contributed by atoms with E-state index in [1.807, 2.05) is 0 Å². The molecule has 0 radical (unpaired) electrons. The van der Waals surface area contributed by atoms with Gasteiger partial charge < -0.3 is 10.2 Å². The summed E-state index contributed by atoms with van der Waals surface area (Å²) in [5.74, 6) is 0.610. The molecule has 3 aliphatic rings. The summed E-state index contributed by atoms with van der Waals surface area (Å²) in [5, 5.41) is 3.39. The van der Waals surface area contributed by atoms with Crippen molar-refractivity contribution in [3.63, 3.8) is 0 Å². The summed E-state index contributed by atoms with van der Waals surface area (Å²) in [4.78, 5) is 15.3. The number of rotatable bonds is 3. The first-order chi connectivity index (χ1) is 10.3. The van der Waals surface area contributed by atoms with Gasteiger partial charge in [-0.25, -0.2) is 0 Å². The Bertz CT molecular complexity index is 538. The fourth-order valence-electron chi connectivity index (χ4n) is 4.04. The summed E-state index contributed by atoms with van der Waals surface area (Å²) in [5.41, 5.74) is 2.85. The number of piperidine rings is 1. The van der Waals surface area contributed by atoms with Crippen LogP contribution in [-0.4, -0.2) is 29.9 Å². The van der Waals surface area contributed by atoms with Crippen molar-refractivity contribution in [2.24, 2.45) is 5.92 Å². The summed E-state index contributed by atoms with van der Waals surface area (Å²) >= 11 is 0. The highest BCUT2D eigenvalue weighted by Gasteiger charge is 2.42. The SMILES string of the molecule is Cl.O=C(C1CCCNC1)N(C1CC1)C1CCc2ccccc21. The summed E-state index contributed by atoms with van der Waals surface area (Å²) in [7, 11) is 0. The summed E-state index contributed by atoms with van der Waals surface area (Å²) in [6.45, 7) is 1.94. The molecule has 1 aromatic rings. The van der Waals surface area contributed by atoms with Crippen LogP contribution in [0.4, 0.5) is 0 Å². The number of hydrogen-bond donors (Lipinski definition) is 1. The molecule has 4 heteroatoms. The van der Waals surface area contributed by atoms with E-state index >= 15 is 0 Å². The van der Waals surface area contributed by atoms with Gasteiger partial charge in [-0.1, -0.05) is 24.3 Å². The Labute approximate surface area is 138 Å². The lowest BCUT2D eigenvalue weighted by Gasteiger charge is -2.34. The Balaban J connectivity index is 0.00000144. The van der Waals surface area contributed by atoms with Gasteiger partial charge in [0.1, 0.15) is 0 Å². The van der Waals surface area contributed by atoms with Crippen molar-refractivity contribution in [2.45, 2.75) is 50.6 Å². The highest BCUT2D eigenvalue weighted by molar-refractivity contribution is 5.85. The van der Waals surface area contributed by atoms with Crippen LogP contribution in [0.1, 0.15) is 49.3 Å². The van der Waals surface area contributed by atoms with Gasteiger partial charge in [-0.15, -0.1) is 12.4 Å². The predicted octanol–water partition coefficient (Wildman–Crippen LogP) is 3.09. The van der Waals surface area contributed by atoms with Crippen LogP contribution < -0.4 is 5.32 Å². The van der Waals surface area contributed by atoms with Crippen LogP contribution in [0.15, 0.2) is 24.3 Å². The van der Waals surface area contributed by atoms with E-state index in [0.717, 1.165) is 38.8 Å². The molecule has 120 valence electrons. The molecule has 2 fully saturated rings. The zero-order chi connectivity index (χ0) is 14.2. The standard InChI is InChI=1S/C18H24N2O.ClH/c21-18(14-5-3-11-19-12-14)20(15-8-9-15)17-10-7-13-4-1-2-6-16(13)17;/h1-2,4,6,14-15,17,19H,3,5,7-12H2;1H. The molecule has 2 unspecified atom stereocenters. The molecule has 2 aliphatic carbocycles. The van der Waals surface area contributed by atoms with Crippen molar-refractivity contribution in [3.05, 3.63) is 35.4 Å². The maximum absolute atomic E-state index is 13.1. The number of hydrogen-bond acceptors (Lipinski definition) is 2. The summed E-state index contributed by atoms with van der Waals surface area (Å²) in [6.07, 6.45) is 6.83. The second-order valence-corrected chi connectivity index (χ2v) is 6.77. The van der Waals surface area contributed by atoms with Crippen molar-refractivity contribution in [1.29, 1.82) is 0 Å². The molecule has 1 N–H and O–H groups in total. The molecule has 1 saturated carbocycles. The molecule has 0 spiro atoms. The van der Waals surface area contributed by atoms with Crippen LogP contribution in [0.5, 0.6) is 0 Å². The molecule has 0 bridgehead atoms. The Morgan fingerprint density at radius 1 is 1.14 bits per heavy atom. The van der Waals surface area contributed by atoms with Crippen molar-refractivity contribution >= 4 is 18.3 Å². The molecule has 1 aliphatic heterocycles. The number of nitrogens with zero attached hydrogens (tertiary/aromatic N) is 1. The van der Waals surface area contributed by atoms with Gasteiger partial charge in [0.05, 0.1) is 12.0 Å². The molecule has 1 amide bonds. The van der Waals surface area contributed by atoms with Crippen LogP contribution in [0, 0.1) is 5.92 Å². The molecule has 1 saturated heterocycles. The molecule has 2 atom stereocenters. The number of benzene rings is 1. The van der Waals surface area contributed by atoms with E-state index in [4.69, 9.17) is 0 Å². The predicted molar refractivity (Wildman–Crippen MR) is 90.2 cm³/mol. The van der Waals surface area contributed by atoms with Gasteiger partial charge in [0, 0.05) is 12.6 Å². The van der Waals surface area contributed by atoms with Crippen LogP contribution in [0.2, 0.25) is 0 Å². The smallest absolute Gasteiger partial charge is 0.227 e. The third-order valence-electron chi connectivity index (χ3n) is 5.28. The van der Waals surface area contributed by atoms with Crippen molar-refractivity contribution in [2.75, 3.05) is 13.1 Å². The number of halogens is 1. The van der Waals surface area contributed by atoms with Crippen molar-refractivity contribution in [1.82, 2.24) is 10.2 Å². The average Bonchev–Trinajstić information content (AvgIpc) is 3.29. The van der Waals surface area contributed by atoms with Crippen molar-refractivity contribution < 1.29 is 4.79 Å². The molecule has 3 nitrogen and oxygen atoms in total. The maximum Gasteiger partial charge on any atom is 0.227 e. The minimum absolute atomic E-state index is 0. The second-order valence-electron chi connectivity index (χ2n) is 6.77. The van der Waals surface area contributed by atoms with Crippen LogP contribution >= 0.6 is 12.4 Å². The van der Waals surface area contributed by atoms with Gasteiger partial charge in [-0.05, 0) is 56.2 Å². The second kappa shape index (κ2) is 6.59. The van der Waals surface area contributed by atoms with E-state index in [9.17, 15) is 4.79 Å². The highest BCUT2D eigenvalue weighted by atomic mass is 35.5. The van der Waals surface area contributed by atoms with E-state index in [1.54, 1.807) is 0 Å². The van der Waals surface area contributed by atoms with E-state index in [1.165, 1.54) is 24.0 Å². The fraction of sp³-hybridized carbons (Fsp3) is 0.611. The van der Waals surface area contributed by atoms with E-state index in [2.05, 4.69) is 34.5 Å². The van der Waals surface area contributed by atoms with Gasteiger partial charge in [-0.2, -0.15) is 0 Å². The lowest BCUT2D eigenvalue weighted by molar-refractivity contribution is -0.139. The molecular weight excluding hydrogens is 296 g/mol. The fourth-order valence-corrected chi connectivity index (χ4v) is 4.04. The maximum atomic E-state index is 13.1. The van der Waals surface area contributed by atoms with E-state index in [-0.39, 0.29) is 18.3 Å². The van der Waals surface area contributed by atoms with Gasteiger partial charge in [0.15, 0.2) is 0 Å². The average molecular weight is 321 g/mol. The highest BCUT2D eigenvalue weighted by Crippen LogP contribution is 2.42. The van der Waals surface area contributed by atoms with Gasteiger partial charge in [0.25, 0.3) is 0 Å². The van der Waals surface area contributed by atoms with E-state index < -0.39 is 0 Å². The Hall–Kier alpha value is -1.06. The molecule has 22 heavy (non-hydrogen) atoms. The minimum atomic E-state index is 0. The quantitative estimate of drug-likeness (QED) is 0.928. The Morgan fingerprint density at radius 3 is 2.68 bits per heavy atom. The van der Waals surface area contributed by atoms with Crippen LogP contribution in [0.25, 0.3) is 0 Å². The lowest BCUT2D eigenvalue weighted by Crippen LogP contribution is -2.45. The van der Waals surface area contributed by atoms with Crippen LogP contribution in [0.3, 0.4) is 0 Å². The van der Waals surface area contributed by atoms with Gasteiger partial charge in [0.2, 0.25) is 5.91 Å². The van der Waals surface area contributed by atoms with Crippen LogP contribution in [-0.2, 0) is 11.2 Å². The molecule has 4 rings (SSSR count). The first-order valence-electron chi connectivity index (χ1n) is 8.45. The normalized spacial score (nSPS) is 26.9. The number of carbonyl (C=O) groups excluding carboxylic acids is 1. The number of aryl methyl sites for hydroxylation is 1. The first kappa shape index (κ1) is 15.8. The number of nitrogens with one attached hydrogen (secondary N) is 1. The van der Waals surface area contributed by atoms with Gasteiger partial charge >= 0.3 is 0 Å². The minimum Gasteiger partial charge on any atom is -0.332 e. The molecule has 1 aromatic carbocycles. The zero-order valence-corrected chi connectivity index (χ0v) is 13.8. The van der Waals surface area contributed by atoms with Crippen molar-refractivity contribution in [3.8, 4) is 0 Å². The molecule has 1 heterocycles. The Kier molecular flexibility index (Phi) is 4.74. The third-order valence-corrected chi connectivity index (χ3v) is 5.28. The first-order valence-corrected chi connectivity index (χ1v) is 8.45.